The number of carbonyl (C=O) groups is 2. The van der Waals surface area contributed by atoms with E-state index in [9.17, 15) is 14.7 Å². The second kappa shape index (κ2) is 7.34. The molecule has 146 valence electrons. The lowest BCUT2D eigenvalue weighted by Crippen LogP contribution is -2.45. The van der Waals surface area contributed by atoms with E-state index in [2.05, 4.69) is 10.5 Å². The van der Waals surface area contributed by atoms with Crippen LogP contribution in [0, 0.1) is 0 Å². The van der Waals surface area contributed by atoms with Crippen LogP contribution in [-0.4, -0.2) is 33.6 Å². The number of rotatable bonds is 3. The van der Waals surface area contributed by atoms with Crippen molar-refractivity contribution in [1.29, 1.82) is 0 Å². The molecule has 7 nitrogen and oxygen atoms in total. The summed E-state index contributed by atoms with van der Waals surface area (Å²) in [6, 6.07) is 12.1. The fourth-order valence-electron chi connectivity index (χ4n) is 3.44. The van der Waals surface area contributed by atoms with Gasteiger partial charge in [0.15, 0.2) is 0 Å². The molecule has 3 N–H and O–H groups in total. The van der Waals surface area contributed by atoms with Crippen molar-refractivity contribution in [2.75, 3.05) is 10.2 Å². The fraction of sp³-hybridized carbons (Fsp3) is 0.286. The molecule has 0 radical (unpaired) electrons. The highest BCUT2D eigenvalue weighted by atomic mass is 16.4. The minimum Gasteiger partial charge on any atom is -0.465 e. The summed E-state index contributed by atoms with van der Waals surface area (Å²) in [6.07, 6.45) is 0.254. The largest absolute Gasteiger partial charge is 0.465 e. The van der Waals surface area contributed by atoms with Crippen molar-refractivity contribution in [2.24, 2.45) is 5.16 Å². The molecule has 1 aliphatic carbocycles. The summed E-state index contributed by atoms with van der Waals surface area (Å²) in [5.74, 6) is -0.330. The molecule has 28 heavy (non-hydrogen) atoms. The van der Waals surface area contributed by atoms with Crippen molar-refractivity contribution in [3.63, 3.8) is 0 Å². The van der Waals surface area contributed by atoms with Crippen LogP contribution in [0.4, 0.5) is 16.2 Å². The van der Waals surface area contributed by atoms with E-state index in [0.717, 1.165) is 11.1 Å². The van der Waals surface area contributed by atoms with Gasteiger partial charge in [-0.1, -0.05) is 23.4 Å². The molecule has 0 fully saturated rings. The first kappa shape index (κ1) is 19.4. The van der Waals surface area contributed by atoms with Gasteiger partial charge in [0, 0.05) is 16.7 Å². The number of aryl methyl sites for hydroxylation is 1. The second-order valence-electron chi connectivity index (χ2n) is 7.68. The van der Waals surface area contributed by atoms with E-state index in [1.165, 1.54) is 4.90 Å². The van der Waals surface area contributed by atoms with E-state index in [1.54, 1.807) is 63.2 Å². The van der Waals surface area contributed by atoms with Crippen molar-refractivity contribution in [3.8, 4) is 0 Å². The van der Waals surface area contributed by atoms with Crippen molar-refractivity contribution in [1.82, 2.24) is 0 Å². The standard InChI is InChI=1S/C21H23N3O4/c1-21(2,3)24(20(26)27)18-7-5-4-6-17(18)22-19(25)14-8-10-15-13(12-14)9-11-16(15)23-28/h4-8,10,12,28H,9,11H2,1-3H3,(H,22,25)(H,26,27)/b23-16-. The number of hydrogen-bond donors (Lipinski definition) is 3. The predicted molar refractivity (Wildman–Crippen MR) is 108 cm³/mol. The highest BCUT2D eigenvalue weighted by Gasteiger charge is 2.30. The fourth-order valence-corrected chi connectivity index (χ4v) is 3.44. The first-order valence-corrected chi connectivity index (χ1v) is 9.00. The molecule has 2 amide bonds. The Kier molecular flexibility index (Phi) is 5.09. The molecule has 3 rings (SSSR count). The zero-order chi connectivity index (χ0) is 20.5. The number of hydrogen-bond acceptors (Lipinski definition) is 4. The number of nitrogens with one attached hydrogen (secondary N) is 1. The van der Waals surface area contributed by atoms with Gasteiger partial charge in [-0.2, -0.15) is 0 Å². The van der Waals surface area contributed by atoms with E-state index >= 15 is 0 Å². The second-order valence-corrected chi connectivity index (χ2v) is 7.68. The Bertz CT molecular complexity index is 960. The third-order valence-electron chi connectivity index (χ3n) is 4.69. The Morgan fingerprint density at radius 3 is 2.46 bits per heavy atom. The Balaban J connectivity index is 1.91. The molecule has 0 aliphatic heterocycles. The maximum Gasteiger partial charge on any atom is 0.412 e. The maximum atomic E-state index is 12.8. The zero-order valence-corrected chi connectivity index (χ0v) is 16.1. The lowest BCUT2D eigenvalue weighted by molar-refractivity contribution is 0.102. The highest BCUT2D eigenvalue weighted by molar-refractivity contribution is 6.09. The van der Waals surface area contributed by atoms with Crippen molar-refractivity contribution in [3.05, 3.63) is 59.2 Å². The summed E-state index contributed by atoms with van der Waals surface area (Å²) in [5, 5.41) is 24.8. The molecule has 7 heteroatoms. The molecule has 0 saturated carbocycles. The van der Waals surface area contributed by atoms with Crippen LogP contribution >= 0.6 is 0 Å². The van der Waals surface area contributed by atoms with Crippen LogP contribution in [0.15, 0.2) is 47.6 Å². The summed E-state index contributed by atoms with van der Waals surface area (Å²) < 4.78 is 0. The third kappa shape index (κ3) is 3.69. The maximum absolute atomic E-state index is 12.8. The number of carbonyl (C=O) groups excluding carboxylic acids is 1. The van der Waals surface area contributed by atoms with Crippen molar-refractivity contribution in [2.45, 2.75) is 39.2 Å². The van der Waals surface area contributed by atoms with Gasteiger partial charge in [-0.15, -0.1) is 0 Å². The van der Waals surface area contributed by atoms with Crippen molar-refractivity contribution < 1.29 is 19.9 Å². The zero-order valence-electron chi connectivity index (χ0n) is 16.1. The Morgan fingerprint density at radius 2 is 1.82 bits per heavy atom. The SMILES string of the molecule is CC(C)(C)N(C(=O)O)c1ccccc1NC(=O)c1ccc2c(c1)CC/C2=N/O. The molecule has 2 aromatic rings. The van der Waals surface area contributed by atoms with Crippen LogP contribution in [0.5, 0.6) is 0 Å². The lowest BCUT2D eigenvalue weighted by Gasteiger charge is -2.34. The first-order valence-electron chi connectivity index (χ1n) is 9.00. The Hall–Kier alpha value is -3.35. The van der Waals surface area contributed by atoms with E-state index in [0.29, 0.717) is 35.5 Å². The number of anilines is 2. The highest BCUT2D eigenvalue weighted by Crippen LogP contribution is 2.32. The number of nitrogens with zero attached hydrogens (tertiary/aromatic N) is 2. The minimum absolute atomic E-state index is 0.330. The first-order chi connectivity index (χ1) is 13.2. The number of carboxylic acid groups (broad SMARTS) is 1. The summed E-state index contributed by atoms with van der Waals surface area (Å²) in [4.78, 5) is 25.9. The van der Waals surface area contributed by atoms with Crippen LogP contribution in [0.1, 0.15) is 48.7 Å². The molecule has 2 aromatic carbocycles. The van der Waals surface area contributed by atoms with Crippen LogP contribution in [0.25, 0.3) is 0 Å². The minimum atomic E-state index is -1.09. The van der Waals surface area contributed by atoms with Crippen LogP contribution < -0.4 is 10.2 Å². The van der Waals surface area contributed by atoms with Gasteiger partial charge in [-0.05, 0) is 63.4 Å². The van der Waals surface area contributed by atoms with Crippen LogP contribution in [0.2, 0.25) is 0 Å². The van der Waals surface area contributed by atoms with E-state index in [4.69, 9.17) is 5.21 Å². The molecule has 0 spiro atoms. The normalized spacial score (nSPS) is 14.6. The summed E-state index contributed by atoms with van der Waals surface area (Å²) in [7, 11) is 0. The van der Waals surface area contributed by atoms with Gasteiger partial charge < -0.3 is 15.6 Å². The van der Waals surface area contributed by atoms with Crippen LogP contribution in [0.3, 0.4) is 0 Å². The average Bonchev–Trinajstić information content (AvgIpc) is 3.04. The van der Waals surface area contributed by atoms with Gasteiger partial charge in [-0.25, -0.2) is 4.79 Å². The van der Waals surface area contributed by atoms with Crippen molar-refractivity contribution >= 4 is 29.1 Å². The Morgan fingerprint density at radius 1 is 1.11 bits per heavy atom. The Labute approximate surface area is 163 Å². The average molecular weight is 381 g/mol. The third-order valence-corrected chi connectivity index (χ3v) is 4.69. The number of amides is 2. The van der Waals surface area contributed by atoms with Gasteiger partial charge in [0.05, 0.1) is 17.1 Å². The number of benzene rings is 2. The molecule has 0 unspecified atom stereocenters. The molecule has 0 aromatic heterocycles. The van der Waals surface area contributed by atoms with Crippen LogP contribution in [-0.2, 0) is 6.42 Å². The smallest absolute Gasteiger partial charge is 0.412 e. The number of oxime groups is 1. The summed E-state index contributed by atoms with van der Waals surface area (Å²) in [5.41, 5.74) is 3.04. The van der Waals surface area contributed by atoms with Gasteiger partial charge in [0.25, 0.3) is 5.91 Å². The topological polar surface area (TPSA) is 102 Å². The quantitative estimate of drug-likeness (QED) is 0.543. The molecular formula is C21H23N3O4. The van der Waals surface area contributed by atoms with Gasteiger partial charge in [0.2, 0.25) is 0 Å². The molecule has 0 bridgehead atoms. The van der Waals surface area contributed by atoms with E-state index in [1.807, 2.05) is 0 Å². The van der Waals surface area contributed by atoms with Gasteiger partial charge in [0.1, 0.15) is 0 Å². The molecule has 0 saturated heterocycles. The predicted octanol–water partition coefficient (Wildman–Crippen LogP) is 4.35. The molecule has 0 heterocycles. The van der Waals surface area contributed by atoms with E-state index < -0.39 is 11.6 Å². The molecule has 1 aliphatic rings. The summed E-state index contributed by atoms with van der Waals surface area (Å²) in [6.45, 7) is 5.38. The van der Waals surface area contributed by atoms with E-state index in [-0.39, 0.29) is 5.91 Å². The molecular weight excluding hydrogens is 358 g/mol. The lowest BCUT2D eigenvalue weighted by atomic mass is 10.0. The molecule has 0 atom stereocenters. The number of para-hydroxylation sites is 2. The number of fused-ring (bicyclic) bond motifs is 1. The summed E-state index contributed by atoms with van der Waals surface area (Å²) >= 11 is 0. The van der Waals surface area contributed by atoms with Gasteiger partial charge in [-0.3, -0.25) is 9.69 Å². The van der Waals surface area contributed by atoms with Gasteiger partial charge >= 0.3 is 6.09 Å². The monoisotopic (exact) mass is 381 g/mol.